The van der Waals surface area contributed by atoms with Gasteiger partial charge in [-0.15, -0.1) is 11.3 Å². The fourth-order valence-corrected chi connectivity index (χ4v) is 4.63. The number of thiophene rings is 1. The van der Waals surface area contributed by atoms with Gasteiger partial charge in [0, 0.05) is 4.47 Å². The summed E-state index contributed by atoms with van der Waals surface area (Å²) in [7, 11) is -3.99. The van der Waals surface area contributed by atoms with Crippen LogP contribution in [0.4, 0.5) is 0 Å². The minimum atomic E-state index is -3.99. The highest BCUT2D eigenvalue weighted by Gasteiger charge is 2.20. The zero-order valence-electron chi connectivity index (χ0n) is 12.3. The predicted molar refractivity (Wildman–Crippen MR) is 99.0 cm³/mol. The van der Waals surface area contributed by atoms with Gasteiger partial charge in [-0.2, -0.15) is 4.72 Å². The third kappa shape index (κ3) is 5.77. The second-order valence-corrected chi connectivity index (χ2v) is 9.36. The van der Waals surface area contributed by atoms with Crippen LogP contribution in [0.5, 0.6) is 0 Å². The molecule has 0 aliphatic rings. The lowest BCUT2D eigenvalue weighted by Crippen LogP contribution is -2.31. The fourth-order valence-electron chi connectivity index (χ4n) is 1.66. The van der Waals surface area contributed by atoms with Crippen molar-refractivity contribution in [3.63, 3.8) is 0 Å². The molecule has 0 bridgehead atoms. The molecule has 0 saturated heterocycles. The van der Waals surface area contributed by atoms with Crippen molar-refractivity contribution < 1.29 is 22.7 Å². The van der Waals surface area contributed by atoms with Crippen molar-refractivity contribution >= 4 is 72.2 Å². The number of halogens is 3. The number of sulfonamides is 1. The van der Waals surface area contributed by atoms with Crippen molar-refractivity contribution in [1.82, 2.24) is 4.72 Å². The van der Waals surface area contributed by atoms with E-state index in [0.29, 0.717) is 13.7 Å². The first-order valence-electron chi connectivity index (χ1n) is 6.58. The van der Waals surface area contributed by atoms with Gasteiger partial charge in [0.15, 0.2) is 6.61 Å². The molecule has 0 aliphatic carbocycles. The van der Waals surface area contributed by atoms with Crippen LogP contribution in [0, 0.1) is 0 Å². The molecule has 1 aromatic heterocycles. The maximum atomic E-state index is 12.1. The first kappa shape index (κ1) is 20.3. The van der Waals surface area contributed by atoms with E-state index >= 15 is 0 Å². The SMILES string of the molecule is O=C(CNS(=O)(=O)c1ccc(Br)cc1Cl)OCC(=O)c1ccc(Cl)s1. The van der Waals surface area contributed by atoms with Gasteiger partial charge in [0.05, 0.1) is 14.2 Å². The summed E-state index contributed by atoms with van der Waals surface area (Å²) in [5.74, 6) is -1.32. The largest absolute Gasteiger partial charge is 0.456 e. The van der Waals surface area contributed by atoms with E-state index in [1.54, 1.807) is 6.07 Å². The number of benzene rings is 1. The lowest BCUT2D eigenvalue weighted by atomic mass is 10.3. The summed E-state index contributed by atoms with van der Waals surface area (Å²) in [6.07, 6.45) is 0. The average molecular weight is 487 g/mol. The highest BCUT2D eigenvalue weighted by Crippen LogP contribution is 2.25. The topological polar surface area (TPSA) is 89.5 Å². The molecule has 0 unspecified atom stereocenters. The Bertz CT molecular complexity index is 914. The Kier molecular flexibility index (Phi) is 7.01. The molecule has 0 saturated carbocycles. The number of esters is 1. The first-order chi connectivity index (χ1) is 11.7. The van der Waals surface area contributed by atoms with Gasteiger partial charge in [0.25, 0.3) is 0 Å². The summed E-state index contributed by atoms with van der Waals surface area (Å²) in [5.41, 5.74) is 0. The Morgan fingerprint density at radius 2 is 1.92 bits per heavy atom. The summed E-state index contributed by atoms with van der Waals surface area (Å²) in [6, 6.07) is 7.28. The highest BCUT2D eigenvalue weighted by atomic mass is 79.9. The second kappa shape index (κ2) is 8.61. The normalized spacial score (nSPS) is 11.3. The molecule has 11 heteroatoms. The molecule has 0 fully saturated rings. The van der Waals surface area contributed by atoms with E-state index in [-0.39, 0.29) is 9.92 Å². The van der Waals surface area contributed by atoms with Crippen LogP contribution in [-0.4, -0.2) is 33.3 Å². The molecule has 134 valence electrons. The van der Waals surface area contributed by atoms with Crippen LogP contribution in [0.1, 0.15) is 9.67 Å². The van der Waals surface area contributed by atoms with Gasteiger partial charge in [-0.25, -0.2) is 8.42 Å². The van der Waals surface area contributed by atoms with Gasteiger partial charge in [0.1, 0.15) is 11.4 Å². The number of nitrogens with one attached hydrogen (secondary N) is 1. The fraction of sp³-hybridized carbons (Fsp3) is 0.143. The zero-order chi connectivity index (χ0) is 18.6. The number of hydrogen-bond acceptors (Lipinski definition) is 6. The molecule has 25 heavy (non-hydrogen) atoms. The van der Waals surface area contributed by atoms with Crippen molar-refractivity contribution in [2.45, 2.75) is 4.90 Å². The molecule has 1 heterocycles. The summed E-state index contributed by atoms with van der Waals surface area (Å²) in [4.78, 5) is 23.6. The summed E-state index contributed by atoms with van der Waals surface area (Å²) in [6.45, 7) is -1.14. The van der Waals surface area contributed by atoms with Gasteiger partial charge in [-0.1, -0.05) is 39.1 Å². The zero-order valence-corrected chi connectivity index (χ0v) is 17.0. The Morgan fingerprint density at radius 3 is 2.52 bits per heavy atom. The molecule has 6 nitrogen and oxygen atoms in total. The van der Waals surface area contributed by atoms with Gasteiger partial charge >= 0.3 is 5.97 Å². The third-order valence-corrected chi connectivity index (χ3v) is 6.45. The number of rotatable bonds is 7. The number of carbonyl (C=O) groups excluding carboxylic acids is 2. The minimum Gasteiger partial charge on any atom is -0.456 e. The van der Waals surface area contributed by atoms with Crippen LogP contribution in [0.3, 0.4) is 0 Å². The van der Waals surface area contributed by atoms with E-state index in [1.807, 2.05) is 0 Å². The van der Waals surface area contributed by atoms with E-state index in [0.717, 1.165) is 11.3 Å². The molecule has 0 amide bonds. The molecule has 0 spiro atoms. The monoisotopic (exact) mass is 485 g/mol. The van der Waals surface area contributed by atoms with E-state index in [2.05, 4.69) is 20.7 Å². The van der Waals surface area contributed by atoms with Crippen LogP contribution >= 0.6 is 50.5 Å². The lowest BCUT2D eigenvalue weighted by molar-refractivity contribution is -0.141. The first-order valence-corrected chi connectivity index (χ1v) is 10.4. The van der Waals surface area contributed by atoms with Gasteiger partial charge in [-0.3, -0.25) is 9.59 Å². The van der Waals surface area contributed by atoms with E-state index < -0.39 is 34.9 Å². The summed E-state index contributed by atoms with van der Waals surface area (Å²) in [5, 5.41) is -0.00000537. The second-order valence-electron chi connectivity index (χ2n) is 4.59. The molecule has 2 aromatic rings. The maximum absolute atomic E-state index is 12.1. The maximum Gasteiger partial charge on any atom is 0.321 e. The van der Waals surface area contributed by atoms with E-state index in [9.17, 15) is 18.0 Å². The molecule has 2 rings (SSSR count). The number of carbonyl (C=O) groups is 2. The number of hydrogen-bond donors (Lipinski definition) is 1. The van der Waals surface area contributed by atoms with Crippen molar-refractivity contribution in [1.29, 1.82) is 0 Å². The highest BCUT2D eigenvalue weighted by molar-refractivity contribution is 9.10. The molecule has 1 aromatic carbocycles. The molecule has 0 atom stereocenters. The van der Waals surface area contributed by atoms with E-state index in [4.69, 9.17) is 27.9 Å². The van der Waals surface area contributed by atoms with Crippen molar-refractivity contribution in [2.75, 3.05) is 13.2 Å². The molecular weight excluding hydrogens is 477 g/mol. The Morgan fingerprint density at radius 1 is 1.20 bits per heavy atom. The van der Waals surface area contributed by atoms with Gasteiger partial charge in [-0.05, 0) is 30.3 Å². The van der Waals surface area contributed by atoms with E-state index in [1.165, 1.54) is 24.3 Å². The Labute approximate surface area is 166 Å². The standard InChI is InChI=1S/C14H10BrCl2NO5S2/c15-8-1-3-12(9(16)5-8)25(21,22)18-6-14(20)23-7-10(19)11-2-4-13(17)24-11/h1-5,18H,6-7H2. The molecular formula is C14H10BrCl2NO5S2. The smallest absolute Gasteiger partial charge is 0.321 e. The van der Waals surface area contributed by atoms with Crippen molar-refractivity contribution in [3.8, 4) is 0 Å². The Hall–Kier alpha value is -0.970. The summed E-state index contributed by atoms with van der Waals surface area (Å²) >= 11 is 15.8. The molecule has 0 radical (unpaired) electrons. The molecule has 0 aliphatic heterocycles. The quantitative estimate of drug-likeness (QED) is 0.477. The summed E-state index contributed by atoms with van der Waals surface area (Å²) < 4.78 is 32.1. The number of ketones is 1. The van der Waals surface area contributed by atoms with Crippen LogP contribution in [0.2, 0.25) is 9.36 Å². The number of Topliss-reactive ketones (excluding diaryl/α,β-unsaturated/α-hetero) is 1. The third-order valence-electron chi connectivity index (χ3n) is 2.80. The van der Waals surface area contributed by atoms with Gasteiger partial charge < -0.3 is 4.74 Å². The van der Waals surface area contributed by atoms with Crippen LogP contribution in [-0.2, 0) is 19.6 Å². The lowest BCUT2D eigenvalue weighted by Gasteiger charge is -2.08. The van der Waals surface area contributed by atoms with Crippen molar-refractivity contribution in [3.05, 3.63) is 49.0 Å². The van der Waals surface area contributed by atoms with Gasteiger partial charge in [0.2, 0.25) is 15.8 Å². The average Bonchev–Trinajstić information content (AvgIpc) is 2.97. The van der Waals surface area contributed by atoms with Crippen LogP contribution in [0.25, 0.3) is 0 Å². The van der Waals surface area contributed by atoms with Crippen molar-refractivity contribution in [2.24, 2.45) is 0 Å². The molecule has 1 N–H and O–H groups in total. The predicted octanol–water partition coefficient (Wildman–Crippen LogP) is 3.52. The number of ether oxygens (including phenoxy) is 1. The van der Waals surface area contributed by atoms with Crippen LogP contribution in [0.15, 0.2) is 39.7 Å². The van der Waals surface area contributed by atoms with Crippen LogP contribution < -0.4 is 4.72 Å². The Balaban J connectivity index is 1.89. The minimum absolute atomic E-state index is 0.00000537.